The Kier molecular flexibility index (Phi) is 4.89. The summed E-state index contributed by atoms with van der Waals surface area (Å²) >= 11 is 0. The largest absolute Gasteiger partial charge is 0.439 e. The molecule has 3 aromatic rings. The van der Waals surface area contributed by atoms with Gasteiger partial charge in [-0.05, 0) is 42.8 Å². The van der Waals surface area contributed by atoms with Crippen LogP contribution in [0.1, 0.15) is 5.56 Å². The Morgan fingerprint density at radius 3 is 2.60 bits per heavy atom. The molecule has 25 heavy (non-hydrogen) atoms. The first-order valence-corrected chi connectivity index (χ1v) is 7.63. The number of hydrogen-bond donors (Lipinski definition) is 2. The number of aromatic nitrogens is 1. The molecule has 2 N–H and O–H groups in total. The number of nitrogens with one attached hydrogen (secondary N) is 2. The molecule has 0 atom stereocenters. The molecule has 126 valence electrons. The molecule has 2 amide bonds. The Bertz CT molecular complexity index is 882. The molecule has 0 radical (unpaired) electrons. The third-order valence-electron chi connectivity index (χ3n) is 3.33. The van der Waals surface area contributed by atoms with Crippen molar-refractivity contribution in [2.45, 2.75) is 6.92 Å². The molecule has 0 saturated carbocycles. The van der Waals surface area contributed by atoms with Crippen LogP contribution in [-0.2, 0) is 0 Å². The smallest absolute Gasteiger partial charge is 0.323 e. The summed E-state index contributed by atoms with van der Waals surface area (Å²) in [6.45, 7) is 1.97. The quantitative estimate of drug-likeness (QED) is 0.707. The van der Waals surface area contributed by atoms with Gasteiger partial charge in [0.2, 0.25) is 5.88 Å². The van der Waals surface area contributed by atoms with Gasteiger partial charge in [0.25, 0.3) is 0 Å². The second-order valence-electron chi connectivity index (χ2n) is 5.36. The average molecular weight is 337 g/mol. The molecule has 0 unspecified atom stereocenters. The lowest BCUT2D eigenvalue weighted by Crippen LogP contribution is -2.20. The molecule has 6 heteroatoms. The predicted octanol–water partition coefficient (Wildman–Crippen LogP) is 4.97. The third-order valence-corrected chi connectivity index (χ3v) is 3.33. The third kappa shape index (κ3) is 4.54. The molecule has 0 aliphatic rings. The van der Waals surface area contributed by atoms with Crippen LogP contribution < -0.4 is 15.4 Å². The molecule has 0 aliphatic heterocycles. The Labute approximate surface area is 144 Å². The maximum absolute atomic E-state index is 13.5. The second kappa shape index (κ2) is 7.44. The minimum atomic E-state index is -0.556. The zero-order valence-corrected chi connectivity index (χ0v) is 13.5. The summed E-state index contributed by atoms with van der Waals surface area (Å²) in [5.74, 6) is 0.592. The average Bonchev–Trinajstić information content (AvgIpc) is 2.59. The zero-order chi connectivity index (χ0) is 17.6. The topological polar surface area (TPSA) is 63.2 Å². The van der Waals surface area contributed by atoms with Crippen molar-refractivity contribution in [2.75, 3.05) is 10.6 Å². The van der Waals surface area contributed by atoms with E-state index in [1.807, 2.05) is 31.2 Å². The van der Waals surface area contributed by atoms with Crippen molar-refractivity contribution < 1.29 is 13.9 Å². The fourth-order valence-corrected chi connectivity index (χ4v) is 2.16. The van der Waals surface area contributed by atoms with Gasteiger partial charge in [0.15, 0.2) is 0 Å². The number of pyridine rings is 1. The highest BCUT2D eigenvalue weighted by Crippen LogP contribution is 2.21. The van der Waals surface area contributed by atoms with Gasteiger partial charge in [0.05, 0.1) is 17.6 Å². The summed E-state index contributed by atoms with van der Waals surface area (Å²) in [4.78, 5) is 16.0. The van der Waals surface area contributed by atoms with Crippen LogP contribution in [0.4, 0.5) is 20.6 Å². The van der Waals surface area contributed by atoms with Crippen LogP contribution in [0, 0.1) is 12.7 Å². The van der Waals surface area contributed by atoms with E-state index >= 15 is 0 Å². The monoisotopic (exact) mass is 337 g/mol. The van der Waals surface area contributed by atoms with E-state index < -0.39 is 11.8 Å². The number of anilines is 2. The highest BCUT2D eigenvalue weighted by Gasteiger charge is 2.07. The van der Waals surface area contributed by atoms with Gasteiger partial charge in [-0.2, -0.15) is 0 Å². The van der Waals surface area contributed by atoms with E-state index in [-0.39, 0.29) is 5.69 Å². The number of aryl methyl sites for hydroxylation is 1. The summed E-state index contributed by atoms with van der Waals surface area (Å²) in [6, 6.07) is 16.3. The van der Waals surface area contributed by atoms with Crippen molar-refractivity contribution in [2.24, 2.45) is 0 Å². The molecule has 2 aromatic carbocycles. The number of benzene rings is 2. The summed E-state index contributed by atoms with van der Waals surface area (Å²) in [5, 5.41) is 5.02. The van der Waals surface area contributed by atoms with Gasteiger partial charge >= 0.3 is 6.03 Å². The van der Waals surface area contributed by atoms with Crippen LogP contribution in [0.3, 0.4) is 0 Å². The zero-order valence-electron chi connectivity index (χ0n) is 13.5. The minimum Gasteiger partial charge on any atom is -0.439 e. The molecular formula is C19H16FN3O2. The Morgan fingerprint density at radius 1 is 1.04 bits per heavy atom. The van der Waals surface area contributed by atoms with Gasteiger partial charge < -0.3 is 15.4 Å². The molecular weight excluding hydrogens is 321 g/mol. The SMILES string of the molecule is Cc1cccc(Oc2ccc(NC(=O)Nc3ccccc3F)cn2)c1. The van der Waals surface area contributed by atoms with Gasteiger partial charge in [0, 0.05) is 6.07 Å². The van der Waals surface area contributed by atoms with Crippen LogP contribution >= 0.6 is 0 Å². The van der Waals surface area contributed by atoms with Gasteiger partial charge in [-0.1, -0.05) is 24.3 Å². The van der Waals surface area contributed by atoms with E-state index in [0.717, 1.165) is 5.56 Å². The number of rotatable bonds is 4. The van der Waals surface area contributed by atoms with E-state index in [9.17, 15) is 9.18 Å². The van der Waals surface area contributed by atoms with E-state index in [1.54, 1.807) is 24.3 Å². The molecule has 0 bridgehead atoms. The summed E-state index contributed by atoms with van der Waals surface area (Å²) in [5.41, 5.74) is 1.65. The molecule has 3 rings (SSSR count). The molecule has 5 nitrogen and oxygen atoms in total. The Hall–Kier alpha value is -3.41. The van der Waals surface area contributed by atoms with Crippen molar-refractivity contribution in [1.29, 1.82) is 0 Å². The van der Waals surface area contributed by atoms with Crippen LogP contribution in [0.2, 0.25) is 0 Å². The van der Waals surface area contributed by atoms with Gasteiger partial charge in [-0.15, -0.1) is 0 Å². The van der Waals surface area contributed by atoms with Gasteiger partial charge in [0.1, 0.15) is 11.6 Å². The molecule has 0 spiro atoms. The fourth-order valence-electron chi connectivity index (χ4n) is 2.16. The van der Waals surface area contributed by atoms with Gasteiger partial charge in [-0.3, -0.25) is 0 Å². The van der Waals surface area contributed by atoms with Crippen LogP contribution in [0.5, 0.6) is 11.6 Å². The predicted molar refractivity (Wildman–Crippen MR) is 94.5 cm³/mol. The molecule has 0 fully saturated rings. The number of carbonyl (C=O) groups is 1. The lowest BCUT2D eigenvalue weighted by Gasteiger charge is -2.09. The number of para-hydroxylation sites is 1. The Balaban J connectivity index is 1.60. The number of urea groups is 1. The molecule has 1 aromatic heterocycles. The molecule has 0 aliphatic carbocycles. The summed E-state index contributed by atoms with van der Waals surface area (Å²) in [7, 11) is 0. The number of carbonyl (C=O) groups excluding carboxylic acids is 1. The Morgan fingerprint density at radius 2 is 1.88 bits per heavy atom. The maximum Gasteiger partial charge on any atom is 0.323 e. The van der Waals surface area contributed by atoms with E-state index in [4.69, 9.17) is 4.74 Å². The van der Waals surface area contributed by atoms with Crippen molar-refractivity contribution in [1.82, 2.24) is 4.98 Å². The first-order valence-electron chi connectivity index (χ1n) is 7.63. The summed E-state index contributed by atoms with van der Waals surface area (Å²) in [6.07, 6.45) is 1.46. The fraction of sp³-hybridized carbons (Fsp3) is 0.0526. The number of nitrogens with zero attached hydrogens (tertiary/aromatic N) is 1. The normalized spacial score (nSPS) is 10.2. The first-order chi connectivity index (χ1) is 12.1. The van der Waals surface area contributed by atoms with E-state index in [0.29, 0.717) is 17.3 Å². The van der Waals surface area contributed by atoms with E-state index in [2.05, 4.69) is 15.6 Å². The number of halogens is 1. The highest BCUT2D eigenvalue weighted by atomic mass is 19.1. The second-order valence-corrected chi connectivity index (χ2v) is 5.36. The lowest BCUT2D eigenvalue weighted by molar-refractivity contribution is 0.262. The lowest BCUT2D eigenvalue weighted by atomic mass is 10.2. The molecule has 1 heterocycles. The number of ether oxygens (including phenoxy) is 1. The van der Waals surface area contributed by atoms with Crippen LogP contribution in [-0.4, -0.2) is 11.0 Å². The molecule has 0 saturated heterocycles. The highest BCUT2D eigenvalue weighted by molar-refractivity contribution is 5.99. The van der Waals surface area contributed by atoms with Crippen LogP contribution in [0.15, 0.2) is 66.9 Å². The minimum absolute atomic E-state index is 0.104. The van der Waals surface area contributed by atoms with Crippen LogP contribution in [0.25, 0.3) is 0 Å². The number of hydrogen-bond acceptors (Lipinski definition) is 3. The van der Waals surface area contributed by atoms with Gasteiger partial charge in [-0.25, -0.2) is 14.2 Å². The van der Waals surface area contributed by atoms with Crippen molar-refractivity contribution in [3.05, 3.63) is 78.2 Å². The van der Waals surface area contributed by atoms with Crippen molar-refractivity contribution in [3.63, 3.8) is 0 Å². The van der Waals surface area contributed by atoms with Crippen molar-refractivity contribution >= 4 is 17.4 Å². The van der Waals surface area contributed by atoms with E-state index in [1.165, 1.54) is 18.3 Å². The first kappa shape index (κ1) is 16.4. The number of amides is 2. The summed E-state index contributed by atoms with van der Waals surface area (Å²) < 4.78 is 19.1. The van der Waals surface area contributed by atoms with Crippen molar-refractivity contribution in [3.8, 4) is 11.6 Å². The maximum atomic E-state index is 13.5. The standard InChI is InChI=1S/C19H16FN3O2/c1-13-5-4-6-15(11-13)25-18-10-9-14(12-21-18)22-19(24)23-17-8-3-2-7-16(17)20/h2-12H,1H3,(H2,22,23,24).